The Bertz CT molecular complexity index is 856. The van der Waals surface area contributed by atoms with E-state index in [1.807, 2.05) is 18.2 Å². The first-order chi connectivity index (χ1) is 10.7. The lowest BCUT2D eigenvalue weighted by Gasteiger charge is -2.32. The van der Waals surface area contributed by atoms with Gasteiger partial charge in [-0.25, -0.2) is 9.97 Å². The first-order valence-corrected chi connectivity index (χ1v) is 7.59. The largest absolute Gasteiger partial charge is 0.395 e. The number of hydrogen-bond donors (Lipinski definition) is 2. The molecule has 4 rings (SSSR count). The zero-order valence-electron chi connectivity index (χ0n) is 12.5. The molecule has 1 aliphatic heterocycles. The molecule has 0 spiro atoms. The number of nitrogens with two attached hydrogens (primary N) is 1. The summed E-state index contributed by atoms with van der Waals surface area (Å²) < 4.78 is 2.22. The van der Waals surface area contributed by atoms with Crippen molar-refractivity contribution < 1.29 is 5.11 Å². The third-order valence-corrected chi connectivity index (χ3v) is 4.27. The molecule has 0 aliphatic carbocycles. The molecular weight excluding hydrogens is 278 g/mol. The second-order valence-electron chi connectivity index (χ2n) is 6.01. The van der Waals surface area contributed by atoms with Gasteiger partial charge in [-0.2, -0.15) is 0 Å². The van der Waals surface area contributed by atoms with Crippen molar-refractivity contribution in [1.82, 2.24) is 14.5 Å². The van der Waals surface area contributed by atoms with Crippen LogP contribution in [0.5, 0.6) is 0 Å². The molecule has 22 heavy (non-hydrogen) atoms. The van der Waals surface area contributed by atoms with Crippen LogP contribution in [0.4, 0.5) is 11.8 Å². The van der Waals surface area contributed by atoms with Crippen LogP contribution in [-0.4, -0.2) is 39.3 Å². The third-order valence-electron chi connectivity index (χ3n) is 4.27. The van der Waals surface area contributed by atoms with Crippen LogP contribution >= 0.6 is 0 Å². The smallest absolute Gasteiger partial charge is 0.206 e. The zero-order valence-corrected chi connectivity index (χ0v) is 12.5. The number of anilines is 2. The molecule has 0 fully saturated rings. The van der Waals surface area contributed by atoms with Gasteiger partial charge in [0.25, 0.3) is 0 Å². The number of pyridine rings is 1. The summed E-state index contributed by atoms with van der Waals surface area (Å²) >= 11 is 0. The molecule has 1 atom stereocenters. The van der Waals surface area contributed by atoms with Gasteiger partial charge in [0, 0.05) is 25.0 Å². The van der Waals surface area contributed by atoms with Gasteiger partial charge in [-0.1, -0.05) is 25.1 Å². The van der Waals surface area contributed by atoms with E-state index >= 15 is 0 Å². The van der Waals surface area contributed by atoms with Gasteiger partial charge < -0.3 is 20.3 Å². The highest BCUT2D eigenvalue weighted by Crippen LogP contribution is 2.34. The summed E-state index contributed by atoms with van der Waals surface area (Å²) in [5.74, 6) is 1.84. The fourth-order valence-corrected chi connectivity index (χ4v) is 3.40. The van der Waals surface area contributed by atoms with Gasteiger partial charge in [0.05, 0.1) is 17.6 Å². The number of fused-ring (bicyclic) bond motifs is 5. The van der Waals surface area contributed by atoms with Gasteiger partial charge in [0.2, 0.25) is 5.95 Å². The number of rotatable bonds is 2. The Kier molecular flexibility index (Phi) is 2.94. The molecule has 3 N–H and O–H groups in total. The molecule has 1 aliphatic rings. The van der Waals surface area contributed by atoms with Gasteiger partial charge in [-0.15, -0.1) is 0 Å². The molecule has 6 heteroatoms. The second kappa shape index (κ2) is 4.84. The van der Waals surface area contributed by atoms with Crippen LogP contribution in [0, 0.1) is 5.92 Å². The van der Waals surface area contributed by atoms with Crippen molar-refractivity contribution in [2.75, 3.05) is 30.3 Å². The quantitative estimate of drug-likeness (QED) is 0.751. The monoisotopic (exact) mass is 297 g/mol. The second-order valence-corrected chi connectivity index (χ2v) is 6.01. The number of nitrogen functional groups attached to an aromatic ring is 1. The predicted octanol–water partition coefficient (Wildman–Crippen LogP) is 1.62. The van der Waals surface area contributed by atoms with Gasteiger partial charge in [-0.05, 0) is 12.0 Å². The van der Waals surface area contributed by atoms with E-state index in [9.17, 15) is 5.11 Å². The number of aliphatic hydroxyl groups excluding tert-OH is 1. The molecule has 0 bridgehead atoms. The van der Waals surface area contributed by atoms with Crippen molar-refractivity contribution in [3.05, 3.63) is 24.3 Å². The normalized spacial score (nSPS) is 18.1. The van der Waals surface area contributed by atoms with Crippen molar-refractivity contribution in [2.24, 2.45) is 5.92 Å². The minimum absolute atomic E-state index is 0.115. The number of nitrogens with zero attached hydrogens (tertiary/aromatic N) is 4. The zero-order chi connectivity index (χ0) is 15.3. The van der Waals surface area contributed by atoms with Gasteiger partial charge in [0.15, 0.2) is 5.82 Å². The fraction of sp³-hybridized carbons (Fsp3) is 0.375. The first-order valence-electron chi connectivity index (χ1n) is 7.59. The number of aromatic nitrogens is 3. The molecule has 2 aromatic heterocycles. The highest BCUT2D eigenvalue weighted by atomic mass is 16.3. The fourth-order valence-electron chi connectivity index (χ4n) is 3.40. The Morgan fingerprint density at radius 2 is 2.09 bits per heavy atom. The summed E-state index contributed by atoms with van der Waals surface area (Å²) in [6, 6.07) is 8.02. The van der Waals surface area contributed by atoms with E-state index in [4.69, 9.17) is 10.7 Å². The Labute approximate surface area is 128 Å². The summed E-state index contributed by atoms with van der Waals surface area (Å²) in [7, 11) is 0. The lowest BCUT2D eigenvalue weighted by molar-refractivity contribution is 0.293. The van der Waals surface area contributed by atoms with Crippen molar-refractivity contribution in [3.8, 4) is 0 Å². The van der Waals surface area contributed by atoms with Crippen LogP contribution in [0.2, 0.25) is 0 Å². The number of β-amino-alcohol motifs (C(OH)–C–C–N with tert-alkyl or cyclic N) is 1. The van der Waals surface area contributed by atoms with Crippen LogP contribution in [0.15, 0.2) is 24.3 Å². The Hall–Kier alpha value is -2.34. The van der Waals surface area contributed by atoms with E-state index in [-0.39, 0.29) is 6.61 Å². The van der Waals surface area contributed by atoms with E-state index < -0.39 is 0 Å². The van der Waals surface area contributed by atoms with E-state index in [2.05, 4.69) is 27.4 Å². The Balaban J connectivity index is 2.07. The van der Waals surface area contributed by atoms with Crippen LogP contribution < -0.4 is 10.6 Å². The highest BCUT2D eigenvalue weighted by molar-refractivity contribution is 6.07. The van der Waals surface area contributed by atoms with Crippen LogP contribution in [0.3, 0.4) is 0 Å². The van der Waals surface area contributed by atoms with Crippen molar-refractivity contribution >= 4 is 33.7 Å². The van der Waals surface area contributed by atoms with Crippen LogP contribution in [0.25, 0.3) is 21.9 Å². The van der Waals surface area contributed by atoms with Gasteiger partial charge >= 0.3 is 0 Å². The van der Waals surface area contributed by atoms with Crippen molar-refractivity contribution in [1.29, 1.82) is 0 Å². The Morgan fingerprint density at radius 1 is 1.27 bits per heavy atom. The Morgan fingerprint density at radius 3 is 2.91 bits per heavy atom. The SMILES string of the molecule is CC1CN(CCO)c2nc3c(N)nc4ccccc4c3n2C1. The number of imidazole rings is 1. The molecule has 1 unspecified atom stereocenters. The average Bonchev–Trinajstić information content (AvgIpc) is 2.88. The molecule has 0 saturated heterocycles. The molecule has 0 radical (unpaired) electrons. The van der Waals surface area contributed by atoms with Crippen molar-refractivity contribution in [2.45, 2.75) is 13.5 Å². The summed E-state index contributed by atoms with van der Waals surface area (Å²) in [5, 5.41) is 10.4. The number of aliphatic hydroxyl groups is 1. The number of para-hydroxylation sites is 1. The maximum Gasteiger partial charge on any atom is 0.206 e. The van der Waals surface area contributed by atoms with E-state index in [0.717, 1.165) is 41.0 Å². The topological polar surface area (TPSA) is 80.2 Å². The number of hydrogen-bond acceptors (Lipinski definition) is 5. The molecule has 0 saturated carbocycles. The highest BCUT2D eigenvalue weighted by Gasteiger charge is 2.27. The van der Waals surface area contributed by atoms with E-state index in [1.165, 1.54) is 0 Å². The van der Waals surface area contributed by atoms with Gasteiger partial charge in [-0.3, -0.25) is 0 Å². The standard InChI is InChI=1S/C16H19N5O/c1-10-8-20(6-7-22)16-19-13-14(21(16)9-10)11-4-2-3-5-12(11)18-15(13)17/h2-5,10,22H,6-9H2,1H3,(H2,17,18). The van der Waals surface area contributed by atoms with Gasteiger partial charge in [0.1, 0.15) is 5.52 Å². The minimum atomic E-state index is 0.115. The maximum absolute atomic E-state index is 9.32. The predicted molar refractivity (Wildman–Crippen MR) is 87.9 cm³/mol. The van der Waals surface area contributed by atoms with E-state index in [0.29, 0.717) is 18.3 Å². The third kappa shape index (κ3) is 1.84. The first kappa shape index (κ1) is 13.3. The van der Waals surface area contributed by atoms with E-state index in [1.54, 1.807) is 0 Å². The lowest BCUT2D eigenvalue weighted by Crippen LogP contribution is -2.39. The average molecular weight is 297 g/mol. The molecule has 3 heterocycles. The maximum atomic E-state index is 9.32. The summed E-state index contributed by atoms with van der Waals surface area (Å²) in [4.78, 5) is 11.3. The molecule has 0 amide bonds. The van der Waals surface area contributed by atoms with Crippen LogP contribution in [-0.2, 0) is 6.54 Å². The molecule has 114 valence electrons. The summed E-state index contributed by atoms with van der Waals surface area (Å²) in [6.07, 6.45) is 0. The number of benzene rings is 1. The molecular formula is C16H19N5O. The lowest BCUT2D eigenvalue weighted by atomic mass is 10.1. The summed E-state index contributed by atoms with van der Waals surface area (Å²) in [5.41, 5.74) is 8.83. The molecule has 6 nitrogen and oxygen atoms in total. The van der Waals surface area contributed by atoms with Crippen LogP contribution in [0.1, 0.15) is 6.92 Å². The summed E-state index contributed by atoms with van der Waals surface area (Å²) in [6.45, 7) is 4.71. The van der Waals surface area contributed by atoms with Crippen molar-refractivity contribution in [3.63, 3.8) is 0 Å². The molecule has 1 aromatic carbocycles. The molecule has 3 aromatic rings. The minimum Gasteiger partial charge on any atom is -0.395 e.